The Morgan fingerprint density at radius 1 is 1.25 bits per heavy atom. The van der Waals surface area contributed by atoms with Gasteiger partial charge in [-0.3, -0.25) is 4.79 Å². The summed E-state index contributed by atoms with van der Waals surface area (Å²) in [5, 5.41) is 0.982. The molecule has 0 unspecified atom stereocenters. The molecule has 0 radical (unpaired) electrons. The van der Waals surface area contributed by atoms with Gasteiger partial charge < -0.3 is 14.1 Å². The second-order valence-electron chi connectivity index (χ2n) is 7.23. The van der Waals surface area contributed by atoms with Crippen LogP contribution in [0.15, 0.2) is 28.9 Å². The van der Waals surface area contributed by atoms with E-state index in [1.165, 1.54) is 32.1 Å². The van der Waals surface area contributed by atoms with Crippen LogP contribution in [0, 0.1) is 11.8 Å². The van der Waals surface area contributed by atoms with Crippen LogP contribution in [0.1, 0.15) is 37.7 Å². The van der Waals surface area contributed by atoms with Crippen molar-refractivity contribution in [2.24, 2.45) is 11.8 Å². The number of likely N-dealkylation sites (tertiary alicyclic amines) is 1. The third kappa shape index (κ3) is 2.90. The Bertz CT molecular complexity index is 736. The van der Waals surface area contributed by atoms with E-state index in [1.807, 2.05) is 18.2 Å². The van der Waals surface area contributed by atoms with Gasteiger partial charge in [0.25, 0.3) is 0 Å². The highest BCUT2D eigenvalue weighted by atomic mass is 16.5. The number of carbonyl (C=O) groups excluding carboxylic acids is 1. The minimum atomic E-state index is 0.226. The molecular formula is C20H25NO3. The van der Waals surface area contributed by atoms with Crippen LogP contribution in [0.2, 0.25) is 0 Å². The summed E-state index contributed by atoms with van der Waals surface area (Å²) in [5.74, 6) is 2.59. The van der Waals surface area contributed by atoms with Crippen LogP contribution in [0.4, 0.5) is 0 Å². The minimum Gasteiger partial charge on any atom is -0.497 e. The number of nitrogens with zero attached hydrogens (tertiary/aromatic N) is 1. The molecule has 1 saturated heterocycles. The molecule has 2 aliphatic rings. The first-order valence-corrected chi connectivity index (χ1v) is 9.06. The van der Waals surface area contributed by atoms with Crippen molar-refractivity contribution < 1.29 is 13.9 Å². The van der Waals surface area contributed by atoms with Crippen molar-refractivity contribution >= 4 is 16.9 Å². The molecule has 0 N–H and O–H groups in total. The van der Waals surface area contributed by atoms with Gasteiger partial charge in [0.2, 0.25) is 5.91 Å². The highest BCUT2D eigenvalue weighted by molar-refractivity contribution is 5.88. The lowest BCUT2D eigenvalue weighted by Gasteiger charge is -2.41. The van der Waals surface area contributed by atoms with Gasteiger partial charge in [-0.25, -0.2) is 0 Å². The molecule has 4 heteroatoms. The average Bonchev–Trinajstić information content (AvgIpc) is 3.03. The van der Waals surface area contributed by atoms with E-state index in [-0.39, 0.29) is 5.91 Å². The number of amides is 1. The van der Waals surface area contributed by atoms with Crippen LogP contribution in [-0.2, 0) is 11.2 Å². The molecule has 1 aromatic carbocycles. The number of furan rings is 1. The minimum absolute atomic E-state index is 0.226. The fourth-order valence-electron chi connectivity index (χ4n) is 4.43. The zero-order chi connectivity index (χ0) is 16.5. The van der Waals surface area contributed by atoms with Crippen molar-refractivity contribution in [1.82, 2.24) is 4.90 Å². The number of rotatable bonds is 3. The summed E-state index contributed by atoms with van der Waals surface area (Å²) < 4.78 is 10.9. The largest absolute Gasteiger partial charge is 0.497 e. The molecule has 0 bridgehead atoms. The van der Waals surface area contributed by atoms with Crippen LogP contribution < -0.4 is 4.74 Å². The molecule has 4 rings (SSSR count). The van der Waals surface area contributed by atoms with Crippen molar-refractivity contribution in [3.05, 3.63) is 30.0 Å². The molecule has 2 fully saturated rings. The maximum atomic E-state index is 12.8. The number of fused-ring (bicyclic) bond motifs is 2. The highest BCUT2D eigenvalue weighted by Crippen LogP contribution is 2.36. The summed E-state index contributed by atoms with van der Waals surface area (Å²) >= 11 is 0. The number of hydrogen-bond donors (Lipinski definition) is 0. The summed E-state index contributed by atoms with van der Waals surface area (Å²) in [6, 6.07) is 5.73. The Hall–Kier alpha value is -1.97. The van der Waals surface area contributed by atoms with Gasteiger partial charge in [-0.05, 0) is 42.9 Å². The number of piperidine rings is 1. The van der Waals surface area contributed by atoms with E-state index in [1.54, 1.807) is 13.4 Å². The summed E-state index contributed by atoms with van der Waals surface area (Å²) in [6.07, 6.45) is 8.66. The lowest BCUT2D eigenvalue weighted by atomic mass is 9.75. The zero-order valence-corrected chi connectivity index (χ0v) is 14.3. The van der Waals surface area contributed by atoms with Crippen molar-refractivity contribution in [2.75, 3.05) is 20.2 Å². The summed E-state index contributed by atoms with van der Waals surface area (Å²) in [6.45, 7) is 1.86. The van der Waals surface area contributed by atoms with Crippen molar-refractivity contribution in [2.45, 2.75) is 38.5 Å². The third-order valence-electron chi connectivity index (χ3n) is 5.85. The van der Waals surface area contributed by atoms with Crippen LogP contribution in [0.5, 0.6) is 5.75 Å². The topological polar surface area (TPSA) is 42.7 Å². The van der Waals surface area contributed by atoms with Gasteiger partial charge in [0.05, 0.1) is 19.8 Å². The second kappa shape index (κ2) is 6.50. The fraction of sp³-hybridized carbons (Fsp3) is 0.550. The molecular weight excluding hydrogens is 302 g/mol. The van der Waals surface area contributed by atoms with Gasteiger partial charge in [-0.2, -0.15) is 0 Å². The SMILES string of the molecule is COc1ccc2occ(CC(=O)N3CC[C@@H]4CCCC[C@H]4C3)c2c1. The number of ether oxygens (including phenoxy) is 1. The monoisotopic (exact) mass is 327 g/mol. The molecule has 24 heavy (non-hydrogen) atoms. The van der Waals surface area contributed by atoms with E-state index >= 15 is 0 Å². The highest BCUT2D eigenvalue weighted by Gasteiger charge is 2.33. The lowest BCUT2D eigenvalue weighted by molar-refractivity contribution is -0.133. The lowest BCUT2D eigenvalue weighted by Crippen LogP contribution is -2.45. The number of carbonyl (C=O) groups is 1. The maximum absolute atomic E-state index is 12.8. The molecule has 1 aliphatic heterocycles. The molecule has 128 valence electrons. The van der Waals surface area contributed by atoms with Gasteiger partial charge in [0.1, 0.15) is 11.3 Å². The smallest absolute Gasteiger partial charge is 0.227 e. The van der Waals surface area contributed by atoms with Crippen molar-refractivity contribution in [3.63, 3.8) is 0 Å². The summed E-state index contributed by atoms with van der Waals surface area (Å²) in [7, 11) is 1.65. The standard InChI is InChI=1S/C20H25NO3/c1-23-17-6-7-19-18(11-17)16(13-24-19)10-20(22)21-9-8-14-4-2-3-5-15(14)12-21/h6-7,11,13-15H,2-5,8-10,12H2,1H3/t14-,15-/m0/s1. The van der Waals surface area contributed by atoms with Gasteiger partial charge in [0.15, 0.2) is 0 Å². The molecule has 2 atom stereocenters. The van der Waals surface area contributed by atoms with E-state index in [0.29, 0.717) is 6.42 Å². The quantitative estimate of drug-likeness (QED) is 0.855. The van der Waals surface area contributed by atoms with E-state index in [4.69, 9.17) is 9.15 Å². The molecule has 1 aromatic heterocycles. The molecule has 1 saturated carbocycles. The molecule has 0 spiro atoms. The first-order chi connectivity index (χ1) is 11.7. The predicted octanol–water partition coefficient (Wildman–Crippen LogP) is 4.02. The van der Waals surface area contributed by atoms with Gasteiger partial charge in [-0.1, -0.05) is 19.3 Å². The number of benzene rings is 1. The molecule has 2 aromatic rings. The first kappa shape index (κ1) is 15.6. The number of methoxy groups -OCH3 is 1. The normalized spacial score (nSPS) is 24.0. The molecule has 1 amide bonds. The predicted molar refractivity (Wildman–Crippen MR) is 93.1 cm³/mol. The fourth-order valence-corrected chi connectivity index (χ4v) is 4.43. The van der Waals surface area contributed by atoms with E-state index in [9.17, 15) is 4.79 Å². The Morgan fingerprint density at radius 3 is 2.92 bits per heavy atom. The molecule has 4 nitrogen and oxygen atoms in total. The molecule has 2 heterocycles. The van der Waals surface area contributed by atoms with E-state index in [2.05, 4.69) is 4.90 Å². The van der Waals surface area contributed by atoms with Crippen LogP contribution in [0.25, 0.3) is 11.0 Å². The van der Waals surface area contributed by atoms with Crippen molar-refractivity contribution in [3.8, 4) is 5.75 Å². The van der Waals surface area contributed by atoms with Crippen LogP contribution >= 0.6 is 0 Å². The first-order valence-electron chi connectivity index (χ1n) is 9.06. The zero-order valence-electron chi connectivity index (χ0n) is 14.3. The van der Waals surface area contributed by atoms with Crippen LogP contribution in [0.3, 0.4) is 0 Å². The molecule has 1 aliphatic carbocycles. The Balaban J connectivity index is 1.48. The van der Waals surface area contributed by atoms with E-state index in [0.717, 1.165) is 47.2 Å². The number of hydrogen-bond acceptors (Lipinski definition) is 3. The Morgan fingerprint density at radius 2 is 2.08 bits per heavy atom. The summed E-state index contributed by atoms with van der Waals surface area (Å²) in [4.78, 5) is 14.9. The van der Waals surface area contributed by atoms with Gasteiger partial charge in [0, 0.05) is 24.0 Å². The third-order valence-corrected chi connectivity index (χ3v) is 5.85. The summed E-state index contributed by atoms with van der Waals surface area (Å²) in [5.41, 5.74) is 1.77. The van der Waals surface area contributed by atoms with Gasteiger partial charge in [-0.15, -0.1) is 0 Å². The maximum Gasteiger partial charge on any atom is 0.227 e. The second-order valence-corrected chi connectivity index (χ2v) is 7.23. The Kier molecular flexibility index (Phi) is 4.21. The van der Waals surface area contributed by atoms with E-state index < -0.39 is 0 Å². The Labute approximate surface area is 142 Å². The van der Waals surface area contributed by atoms with Crippen LogP contribution in [-0.4, -0.2) is 31.0 Å². The van der Waals surface area contributed by atoms with Gasteiger partial charge >= 0.3 is 0 Å². The van der Waals surface area contributed by atoms with Crippen molar-refractivity contribution in [1.29, 1.82) is 0 Å². The average molecular weight is 327 g/mol.